The molecule has 2 heterocycles. The van der Waals surface area contributed by atoms with E-state index in [1.165, 1.54) is 12.8 Å². The van der Waals surface area contributed by atoms with Crippen molar-refractivity contribution < 1.29 is 4.79 Å². The maximum absolute atomic E-state index is 11.8. The molecule has 0 radical (unpaired) electrons. The Morgan fingerprint density at radius 3 is 3.00 bits per heavy atom. The molecule has 19 heavy (non-hydrogen) atoms. The second kappa shape index (κ2) is 7.28. The summed E-state index contributed by atoms with van der Waals surface area (Å²) in [6.45, 7) is 4.30. The van der Waals surface area contributed by atoms with Crippen molar-refractivity contribution in [1.29, 1.82) is 0 Å². The average molecular weight is 264 g/mol. The summed E-state index contributed by atoms with van der Waals surface area (Å²) in [5, 5.41) is 13.3. The Labute approximate surface area is 114 Å². The van der Waals surface area contributed by atoms with Gasteiger partial charge in [0.05, 0.1) is 0 Å². The van der Waals surface area contributed by atoms with Gasteiger partial charge in [0.15, 0.2) is 5.82 Å². The van der Waals surface area contributed by atoms with Gasteiger partial charge in [-0.2, -0.15) is 5.10 Å². The van der Waals surface area contributed by atoms with E-state index in [1.54, 1.807) is 0 Å². The first-order valence-electron chi connectivity index (χ1n) is 7.32. The number of aromatic amines is 1. The van der Waals surface area contributed by atoms with E-state index in [0.717, 1.165) is 38.0 Å². The Morgan fingerprint density at radius 2 is 2.26 bits per heavy atom. The lowest BCUT2D eigenvalue weighted by molar-refractivity contribution is -0.116. The SMILES string of the molecule is CCCc1cc(NC(=O)CCC2CCNCC2)n[nH]1. The number of H-pyrrole nitrogens is 1. The van der Waals surface area contributed by atoms with Crippen LogP contribution in [0.4, 0.5) is 5.82 Å². The molecule has 1 saturated heterocycles. The van der Waals surface area contributed by atoms with E-state index in [0.29, 0.717) is 18.2 Å². The molecule has 0 aromatic carbocycles. The number of nitrogens with zero attached hydrogens (tertiary/aromatic N) is 1. The molecule has 0 aliphatic carbocycles. The van der Waals surface area contributed by atoms with Crippen molar-refractivity contribution in [2.24, 2.45) is 5.92 Å². The van der Waals surface area contributed by atoms with Gasteiger partial charge in [0.2, 0.25) is 5.91 Å². The highest BCUT2D eigenvalue weighted by Crippen LogP contribution is 2.18. The number of carbonyl (C=O) groups is 1. The molecule has 0 saturated carbocycles. The van der Waals surface area contributed by atoms with E-state index in [1.807, 2.05) is 6.07 Å². The molecule has 1 aromatic heterocycles. The minimum absolute atomic E-state index is 0.0769. The largest absolute Gasteiger partial charge is 0.317 e. The maximum Gasteiger partial charge on any atom is 0.225 e. The van der Waals surface area contributed by atoms with Crippen LogP contribution in [0.5, 0.6) is 0 Å². The number of carbonyl (C=O) groups excluding carboxylic acids is 1. The predicted molar refractivity (Wildman–Crippen MR) is 76.0 cm³/mol. The van der Waals surface area contributed by atoms with Gasteiger partial charge >= 0.3 is 0 Å². The fraction of sp³-hybridized carbons (Fsp3) is 0.714. The van der Waals surface area contributed by atoms with Crippen LogP contribution in [0.2, 0.25) is 0 Å². The van der Waals surface area contributed by atoms with Crippen molar-refractivity contribution in [2.75, 3.05) is 18.4 Å². The van der Waals surface area contributed by atoms with Gasteiger partial charge in [-0.3, -0.25) is 9.89 Å². The number of aryl methyl sites for hydroxylation is 1. The van der Waals surface area contributed by atoms with Crippen molar-refractivity contribution in [1.82, 2.24) is 15.5 Å². The van der Waals surface area contributed by atoms with Crippen LogP contribution in [0.1, 0.15) is 44.7 Å². The van der Waals surface area contributed by atoms with Gasteiger partial charge in [0.25, 0.3) is 0 Å². The number of hydrogen-bond acceptors (Lipinski definition) is 3. The van der Waals surface area contributed by atoms with E-state index < -0.39 is 0 Å². The molecule has 0 bridgehead atoms. The van der Waals surface area contributed by atoms with E-state index >= 15 is 0 Å². The summed E-state index contributed by atoms with van der Waals surface area (Å²) in [5.74, 6) is 1.42. The van der Waals surface area contributed by atoms with Crippen LogP contribution in [0.15, 0.2) is 6.07 Å². The second-order valence-corrected chi connectivity index (χ2v) is 5.31. The summed E-state index contributed by atoms with van der Waals surface area (Å²) in [6.07, 6.45) is 6.01. The van der Waals surface area contributed by atoms with E-state index in [-0.39, 0.29) is 5.91 Å². The molecule has 5 nitrogen and oxygen atoms in total. The van der Waals surface area contributed by atoms with Crippen molar-refractivity contribution in [3.05, 3.63) is 11.8 Å². The number of nitrogens with one attached hydrogen (secondary N) is 3. The van der Waals surface area contributed by atoms with Gasteiger partial charge in [-0.05, 0) is 44.7 Å². The van der Waals surface area contributed by atoms with E-state index in [4.69, 9.17) is 0 Å². The molecular formula is C14H24N4O. The highest BCUT2D eigenvalue weighted by Gasteiger charge is 2.14. The van der Waals surface area contributed by atoms with E-state index in [9.17, 15) is 4.79 Å². The zero-order valence-electron chi connectivity index (χ0n) is 11.7. The first-order chi connectivity index (χ1) is 9.28. The zero-order chi connectivity index (χ0) is 13.5. The third kappa shape index (κ3) is 4.67. The first kappa shape index (κ1) is 14.1. The van der Waals surface area contributed by atoms with Crippen molar-refractivity contribution in [2.45, 2.75) is 45.4 Å². The average Bonchev–Trinajstić information content (AvgIpc) is 2.85. The number of anilines is 1. The molecule has 1 aliphatic heterocycles. The minimum Gasteiger partial charge on any atom is -0.317 e. The zero-order valence-corrected chi connectivity index (χ0v) is 11.7. The molecule has 1 aliphatic rings. The normalized spacial score (nSPS) is 16.5. The van der Waals surface area contributed by atoms with Crippen LogP contribution >= 0.6 is 0 Å². The summed E-state index contributed by atoms with van der Waals surface area (Å²) >= 11 is 0. The molecule has 0 unspecified atom stereocenters. The Morgan fingerprint density at radius 1 is 1.47 bits per heavy atom. The van der Waals surface area contributed by atoms with Crippen molar-refractivity contribution in [3.8, 4) is 0 Å². The van der Waals surface area contributed by atoms with Crippen LogP contribution < -0.4 is 10.6 Å². The monoisotopic (exact) mass is 264 g/mol. The smallest absolute Gasteiger partial charge is 0.225 e. The molecule has 3 N–H and O–H groups in total. The topological polar surface area (TPSA) is 69.8 Å². The highest BCUT2D eigenvalue weighted by molar-refractivity contribution is 5.89. The van der Waals surface area contributed by atoms with E-state index in [2.05, 4.69) is 27.8 Å². The Kier molecular flexibility index (Phi) is 5.39. The van der Waals surface area contributed by atoms with Gasteiger partial charge < -0.3 is 10.6 Å². The molecular weight excluding hydrogens is 240 g/mol. The van der Waals surface area contributed by atoms with Crippen molar-refractivity contribution >= 4 is 11.7 Å². The van der Waals surface area contributed by atoms with Gasteiger partial charge in [-0.25, -0.2) is 0 Å². The molecule has 5 heteroatoms. The Balaban J connectivity index is 1.70. The van der Waals surface area contributed by atoms with Crippen LogP contribution in [0.3, 0.4) is 0 Å². The minimum atomic E-state index is 0.0769. The number of rotatable bonds is 6. The summed E-state index contributed by atoms with van der Waals surface area (Å²) in [4.78, 5) is 11.8. The molecule has 1 amide bonds. The standard InChI is InChI=1S/C14H24N4O/c1-2-3-12-10-13(18-17-12)16-14(19)5-4-11-6-8-15-9-7-11/h10-11,15H,2-9H2,1H3,(H2,16,17,18,19). The summed E-state index contributed by atoms with van der Waals surface area (Å²) in [6, 6.07) is 1.92. The number of hydrogen-bond donors (Lipinski definition) is 3. The Bertz CT molecular complexity index is 396. The lowest BCUT2D eigenvalue weighted by Gasteiger charge is -2.21. The molecule has 1 aromatic rings. The lowest BCUT2D eigenvalue weighted by atomic mass is 9.93. The third-order valence-electron chi connectivity index (χ3n) is 3.66. The van der Waals surface area contributed by atoms with Gasteiger partial charge in [0, 0.05) is 18.2 Å². The summed E-state index contributed by atoms with van der Waals surface area (Å²) in [5.41, 5.74) is 1.08. The van der Waals surface area contributed by atoms with Crippen LogP contribution in [-0.4, -0.2) is 29.2 Å². The fourth-order valence-electron chi connectivity index (χ4n) is 2.53. The molecule has 0 atom stereocenters. The number of piperidine rings is 1. The summed E-state index contributed by atoms with van der Waals surface area (Å²) in [7, 11) is 0. The highest BCUT2D eigenvalue weighted by atomic mass is 16.1. The van der Waals surface area contributed by atoms with Gasteiger partial charge in [-0.1, -0.05) is 13.3 Å². The molecule has 106 valence electrons. The lowest BCUT2D eigenvalue weighted by Crippen LogP contribution is -2.28. The Hall–Kier alpha value is -1.36. The van der Waals surface area contributed by atoms with Gasteiger partial charge in [0.1, 0.15) is 0 Å². The first-order valence-corrected chi connectivity index (χ1v) is 7.32. The predicted octanol–water partition coefficient (Wildman–Crippen LogP) is 2.08. The second-order valence-electron chi connectivity index (χ2n) is 5.31. The number of aromatic nitrogens is 2. The third-order valence-corrected chi connectivity index (χ3v) is 3.66. The summed E-state index contributed by atoms with van der Waals surface area (Å²) < 4.78 is 0. The van der Waals surface area contributed by atoms with Crippen LogP contribution in [0.25, 0.3) is 0 Å². The maximum atomic E-state index is 11.8. The molecule has 2 rings (SSSR count). The fourth-order valence-corrected chi connectivity index (χ4v) is 2.53. The quantitative estimate of drug-likeness (QED) is 0.736. The van der Waals surface area contributed by atoms with Crippen molar-refractivity contribution in [3.63, 3.8) is 0 Å². The van der Waals surface area contributed by atoms with Crippen LogP contribution in [0, 0.1) is 5.92 Å². The van der Waals surface area contributed by atoms with Gasteiger partial charge in [-0.15, -0.1) is 0 Å². The number of amides is 1. The molecule has 1 fully saturated rings. The van der Waals surface area contributed by atoms with Crippen LogP contribution in [-0.2, 0) is 11.2 Å². The molecule has 0 spiro atoms.